The van der Waals surface area contributed by atoms with Gasteiger partial charge in [-0.05, 0) is 26.3 Å². The van der Waals surface area contributed by atoms with Crippen molar-refractivity contribution >= 4 is 10.9 Å². The number of methoxy groups -OCH3 is 2. The van der Waals surface area contributed by atoms with Gasteiger partial charge >= 0.3 is 0 Å². The smallest absolute Gasteiger partial charge is 0.258 e. The SMILES string of the molecule is CCC(C)(C)NCc1nc2cc(OC)c(OC)cc2c(=O)[nH]1. The van der Waals surface area contributed by atoms with E-state index in [4.69, 9.17) is 9.47 Å². The number of rotatable bonds is 6. The topological polar surface area (TPSA) is 76.2 Å². The van der Waals surface area contributed by atoms with E-state index in [9.17, 15) is 4.79 Å². The number of nitrogens with one attached hydrogen (secondary N) is 2. The largest absolute Gasteiger partial charge is 0.493 e. The number of ether oxygens (including phenoxy) is 2. The van der Waals surface area contributed by atoms with Crippen molar-refractivity contribution in [2.45, 2.75) is 39.3 Å². The first-order valence-electron chi connectivity index (χ1n) is 7.30. The zero-order valence-corrected chi connectivity index (χ0v) is 13.7. The third kappa shape index (κ3) is 3.39. The molecule has 0 aliphatic carbocycles. The van der Waals surface area contributed by atoms with E-state index in [0.717, 1.165) is 6.42 Å². The van der Waals surface area contributed by atoms with Crippen LogP contribution in [0.2, 0.25) is 0 Å². The molecule has 1 aromatic heterocycles. The number of nitrogens with zero attached hydrogens (tertiary/aromatic N) is 1. The van der Waals surface area contributed by atoms with E-state index >= 15 is 0 Å². The van der Waals surface area contributed by atoms with Crippen molar-refractivity contribution in [3.05, 3.63) is 28.3 Å². The number of hydrogen-bond acceptors (Lipinski definition) is 5. The van der Waals surface area contributed by atoms with Crippen molar-refractivity contribution < 1.29 is 9.47 Å². The molecular formula is C16H23N3O3. The van der Waals surface area contributed by atoms with E-state index in [1.165, 1.54) is 7.11 Å². The van der Waals surface area contributed by atoms with Crippen LogP contribution in [0, 0.1) is 0 Å². The molecule has 0 bridgehead atoms. The van der Waals surface area contributed by atoms with E-state index in [0.29, 0.717) is 34.8 Å². The van der Waals surface area contributed by atoms with Gasteiger partial charge in [-0.3, -0.25) is 4.79 Å². The molecule has 6 nitrogen and oxygen atoms in total. The lowest BCUT2D eigenvalue weighted by Gasteiger charge is -2.24. The number of benzene rings is 1. The standard InChI is InChI=1S/C16H23N3O3/c1-6-16(2,3)17-9-14-18-11-8-13(22-5)12(21-4)7-10(11)15(20)19-14/h7-8,17H,6,9H2,1-5H3,(H,18,19,20). The van der Waals surface area contributed by atoms with E-state index in [2.05, 4.69) is 36.1 Å². The fourth-order valence-corrected chi connectivity index (χ4v) is 2.05. The molecule has 0 aliphatic heterocycles. The summed E-state index contributed by atoms with van der Waals surface area (Å²) in [5.74, 6) is 1.67. The number of hydrogen-bond donors (Lipinski definition) is 2. The number of aromatic nitrogens is 2. The first kappa shape index (κ1) is 16.3. The summed E-state index contributed by atoms with van der Waals surface area (Å²) >= 11 is 0. The monoisotopic (exact) mass is 305 g/mol. The lowest BCUT2D eigenvalue weighted by Crippen LogP contribution is -2.38. The molecule has 0 saturated heterocycles. The van der Waals surface area contributed by atoms with Gasteiger partial charge < -0.3 is 19.8 Å². The molecule has 6 heteroatoms. The summed E-state index contributed by atoms with van der Waals surface area (Å²) in [5.41, 5.74) is 0.398. The Hall–Kier alpha value is -2.08. The summed E-state index contributed by atoms with van der Waals surface area (Å²) in [6.07, 6.45) is 0.982. The van der Waals surface area contributed by atoms with Gasteiger partial charge in [-0.25, -0.2) is 4.98 Å². The highest BCUT2D eigenvalue weighted by atomic mass is 16.5. The molecule has 0 fully saturated rings. The Labute approximate surface area is 129 Å². The molecule has 2 aromatic rings. The van der Waals surface area contributed by atoms with Crippen LogP contribution in [0.4, 0.5) is 0 Å². The third-order valence-corrected chi connectivity index (χ3v) is 3.88. The van der Waals surface area contributed by atoms with Crippen LogP contribution in [0.3, 0.4) is 0 Å². The predicted octanol–water partition coefficient (Wildman–Crippen LogP) is 2.22. The minimum absolute atomic E-state index is 0.00881. The second kappa shape index (κ2) is 6.36. The van der Waals surface area contributed by atoms with Crippen molar-refractivity contribution in [2.75, 3.05) is 14.2 Å². The van der Waals surface area contributed by atoms with Crippen LogP contribution in [-0.2, 0) is 6.54 Å². The molecule has 0 amide bonds. The average Bonchev–Trinajstić information content (AvgIpc) is 2.52. The van der Waals surface area contributed by atoms with E-state index in [1.54, 1.807) is 19.2 Å². The first-order chi connectivity index (χ1) is 10.4. The second-order valence-electron chi connectivity index (χ2n) is 5.83. The van der Waals surface area contributed by atoms with Gasteiger partial charge in [-0.1, -0.05) is 6.92 Å². The number of fused-ring (bicyclic) bond motifs is 1. The molecule has 0 saturated carbocycles. The van der Waals surface area contributed by atoms with Crippen LogP contribution >= 0.6 is 0 Å². The quantitative estimate of drug-likeness (QED) is 0.856. The maximum atomic E-state index is 12.2. The molecule has 1 heterocycles. The summed E-state index contributed by atoms with van der Waals surface area (Å²) < 4.78 is 10.5. The van der Waals surface area contributed by atoms with Crippen LogP contribution < -0.4 is 20.3 Å². The Morgan fingerprint density at radius 2 is 1.86 bits per heavy atom. The molecule has 0 unspecified atom stereocenters. The molecule has 2 N–H and O–H groups in total. The second-order valence-corrected chi connectivity index (χ2v) is 5.83. The predicted molar refractivity (Wildman–Crippen MR) is 86.7 cm³/mol. The van der Waals surface area contributed by atoms with Crippen molar-refractivity contribution in [1.29, 1.82) is 0 Å². The van der Waals surface area contributed by atoms with Crippen LogP contribution in [-0.4, -0.2) is 29.7 Å². The maximum Gasteiger partial charge on any atom is 0.258 e. The molecule has 2 rings (SSSR count). The Kier molecular flexibility index (Phi) is 4.71. The highest BCUT2D eigenvalue weighted by molar-refractivity contribution is 5.81. The maximum absolute atomic E-state index is 12.2. The lowest BCUT2D eigenvalue weighted by molar-refractivity contribution is 0.355. The summed E-state index contributed by atoms with van der Waals surface area (Å²) in [5, 5.41) is 3.86. The Bertz CT molecular complexity index is 722. The normalized spacial score (nSPS) is 11.7. The van der Waals surface area contributed by atoms with Crippen LogP contribution in [0.15, 0.2) is 16.9 Å². The Balaban J connectivity index is 2.42. The van der Waals surface area contributed by atoms with E-state index < -0.39 is 0 Å². The van der Waals surface area contributed by atoms with Crippen LogP contribution in [0.1, 0.15) is 33.0 Å². The molecule has 1 aromatic carbocycles. The van der Waals surface area contributed by atoms with Gasteiger partial charge in [0.1, 0.15) is 5.82 Å². The molecule has 0 radical (unpaired) electrons. The third-order valence-electron chi connectivity index (χ3n) is 3.88. The molecule has 22 heavy (non-hydrogen) atoms. The first-order valence-corrected chi connectivity index (χ1v) is 7.30. The highest BCUT2D eigenvalue weighted by Gasteiger charge is 2.15. The molecule has 0 spiro atoms. The van der Waals surface area contributed by atoms with Crippen LogP contribution in [0.5, 0.6) is 11.5 Å². The van der Waals surface area contributed by atoms with E-state index in [-0.39, 0.29) is 11.1 Å². The van der Waals surface area contributed by atoms with Gasteiger partial charge in [0.15, 0.2) is 11.5 Å². The zero-order chi connectivity index (χ0) is 16.3. The Morgan fingerprint density at radius 1 is 1.23 bits per heavy atom. The molecule has 120 valence electrons. The summed E-state index contributed by atoms with van der Waals surface area (Å²) in [4.78, 5) is 19.6. The Morgan fingerprint density at radius 3 is 2.45 bits per heavy atom. The zero-order valence-electron chi connectivity index (χ0n) is 13.7. The van der Waals surface area contributed by atoms with Gasteiger partial charge in [-0.15, -0.1) is 0 Å². The fraction of sp³-hybridized carbons (Fsp3) is 0.500. The number of aromatic amines is 1. The fourth-order valence-electron chi connectivity index (χ4n) is 2.05. The van der Waals surface area contributed by atoms with Crippen LogP contribution in [0.25, 0.3) is 10.9 Å². The van der Waals surface area contributed by atoms with Crippen molar-refractivity contribution in [3.8, 4) is 11.5 Å². The van der Waals surface area contributed by atoms with E-state index in [1.807, 2.05) is 0 Å². The van der Waals surface area contributed by atoms with Gasteiger partial charge in [0.2, 0.25) is 0 Å². The lowest BCUT2D eigenvalue weighted by atomic mass is 10.0. The molecular weight excluding hydrogens is 282 g/mol. The van der Waals surface area contributed by atoms with Gasteiger partial charge in [0, 0.05) is 11.6 Å². The van der Waals surface area contributed by atoms with Gasteiger partial charge in [-0.2, -0.15) is 0 Å². The summed E-state index contributed by atoms with van der Waals surface area (Å²) in [6.45, 7) is 6.83. The van der Waals surface area contributed by atoms with Crippen molar-refractivity contribution in [1.82, 2.24) is 15.3 Å². The van der Waals surface area contributed by atoms with Gasteiger partial charge in [0.25, 0.3) is 5.56 Å². The summed E-state index contributed by atoms with van der Waals surface area (Å²) in [6, 6.07) is 3.37. The molecule has 0 atom stereocenters. The summed E-state index contributed by atoms with van der Waals surface area (Å²) in [7, 11) is 3.10. The van der Waals surface area contributed by atoms with Crippen molar-refractivity contribution in [3.63, 3.8) is 0 Å². The van der Waals surface area contributed by atoms with Gasteiger partial charge in [0.05, 0.1) is 31.7 Å². The number of H-pyrrole nitrogens is 1. The highest BCUT2D eigenvalue weighted by Crippen LogP contribution is 2.29. The molecule has 0 aliphatic rings. The van der Waals surface area contributed by atoms with Crippen molar-refractivity contribution in [2.24, 2.45) is 0 Å². The minimum Gasteiger partial charge on any atom is -0.493 e. The average molecular weight is 305 g/mol. The minimum atomic E-state index is -0.183.